The second kappa shape index (κ2) is 7.49. The van der Waals surface area contributed by atoms with Crippen molar-refractivity contribution in [2.45, 2.75) is 17.9 Å². The van der Waals surface area contributed by atoms with Crippen molar-refractivity contribution in [1.29, 1.82) is 0 Å². The number of nitrogens with zero attached hydrogens (tertiary/aromatic N) is 1. The molecule has 2 aromatic heterocycles. The number of alkyl halides is 2. The molecule has 0 fully saturated rings. The zero-order valence-electron chi connectivity index (χ0n) is 12.0. The average molecular weight is 399 g/mol. The summed E-state index contributed by atoms with van der Waals surface area (Å²) in [6, 6.07) is 2.06. The quantitative estimate of drug-likeness (QED) is 0.842. The fourth-order valence-corrected chi connectivity index (χ4v) is 4.17. The molecule has 0 aliphatic rings. The summed E-state index contributed by atoms with van der Waals surface area (Å²) in [6.07, 6.45) is -0.541. The van der Waals surface area contributed by atoms with Gasteiger partial charge in [0.2, 0.25) is 0 Å². The second-order valence-electron chi connectivity index (χ2n) is 4.58. The molecule has 2 rings (SSSR count). The van der Waals surface area contributed by atoms with Gasteiger partial charge in [0.1, 0.15) is 4.34 Å². The number of aromatic nitrogens is 1. The van der Waals surface area contributed by atoms with Gasteiger partial charge in [-0.15, -0.1) is 11.3 Å². The van der Waals surface area contributed by atoms with Gasteiger partial charge < -0.3 is 9.88 Å². The third kappa shape index (κ3) is 4.25. The maximum absolute atomic E-state index is 13.5. The van der Waals surface area contributed by atoms with Crippen LogP contribution in [0.1, 0.15) is 9.67 Å². The number of halogens is 4. The van der Waals surface area contributed by atoms with Gasteiger partial charge in [0, 0.05) is 18.5 Å². The monoisotopic (exact) mass is 398 g/mol. The van der Waals surface area contributed by atoms with Crippen molar-refractivity contribution >= 4 is 45.3 Å². The normalized spacial score (nSPS) is 12.4. The highest BCUT2D eigenvalue weighted by atomic mass is 35.5. The number of carbonyl (C=O) groups excluding carboxylic acids is 1. The predicted octanol–water partition coefficient (Wildman–Crippen LogP) is 2.96. The van der Waals surface area contributed by atoms with Crippen LogP contribution in [0.4, 0.5) is 18.9 Å². The lowest BCUT2D eigenvalue weighted by Gasteiger charge is -2.09. The highest BCUT2D eigenvalue weighted by molar-refractivity contribution is 7.84. The van der Waals surface area contributed by atoms with Crippen molar-refractivity contribution in [1.82, 2.24) is 4.57 Å². The molecular weight excluding hydrogens is 389 g/mol. The number of hydrogen-bond acceptors (Lipinski definition) is 4. The smallest absolute Gasteiger partial charge is 0.286 e. The minimum atomic E-state index is -2.86. The SMILES string of the molecule is CS(=O)c1cc(C(=O)Nc2cc(F)c(=O)n(CC(F)F)c2)sc1Cl. The number of pyridine rings is 1. The molecule has 5 nitrogen and oxygen atoms in total. The van der Waals surface area contributed by atoms with Gasteiger partial charge in [-0.3, -0.25) is 13.8 Å². The molecule has 0 radical (unpaired) electrons. The zero-order valence-corrected chi connectivity index (χ0v) is 14.4. The Morgan fingerprint density at radius 1 is 1.46 bits per heavy atom. The van der Waals surface area contributed by atoms with Crippen molar-refractivity contribution in [2.75, 3.05) is 11.6 Å². The molecule has 24 heavy (non-hydrogen) atoms. The molecule has 0 saturated carbocycles. The molecule has 1 unspecified atom stereocenters. The second-order valence-corrected chi connectivity index (χ2v) is 7.58. The van der Waals surface area contributed by atoms with E-state index in [2.05, 4.69) is 5.32 Å². The highest BCUT2D eigenvalue weighted by Gasteiger charge is 2.17. The molecule has 0 aliphatic heterocycles. The third-order valence-electron chi connectivity index (χ3n) is 2.82. The van der Waals surface area contributed by atoms with E-state index in [1.807, 2.05) is 0 Å². The zero-order chi connectivity index (χ0) is 18.0. The first-order chi connectivity index (χ1) is 11.2. The van der Waals surface area contributed by atoms with Gasteiger partial charge in [-0.05, 0) is 6.07 Å². The van der Waals surface area contributed by atoms with Gasteiger partial charge in [0.05, 0.1) is 32.8 Å². The Balaban J connectivity index is 2.29. The van der Waals surface area contributed by atoms with E-state index in [0.717, 1.165) is 23.6 Å². The van der Waals surface area contributed by atoms with E-state index >= 15 is 0 Å². The van der Waals surface area contributed by atoms with E-state index in [1.54, 1.807) is 0 Å². The lowest BCUT2D eigenvalue weighted by molar-refractivity contribution is 0.103. The number of nitrogens with one attached hydrogen (secondary N) is 1. The number of amides is 1. The van der Waals surface area contributed by atoms with Crippen molar-refractivity contribution in [3.05, 3.63) is 43.7 Å². The first-order valence-corrected chi connectivity index (χ1v) is 9.06. The first kappa shape index (κ1) is 18.7. The van der Waals surface area contributed by atoms with Gasteiger partial charge in [-0.25, -0.2) is 13.2 Å². The van der Waals surface area contributed by atoms with Crippen LogP contribution in [0.25, 0.3) is 0 Å². The van der Waals surface area contributed by atoms with E-state index in [9.17, 15) is 27.0 Å². The molecule has 1 amide bonds. The molecule has 130 valence electrons. The van der Waals surface area contributed by atoms with Crippen LogP contribution in [0.2, 0.25) is 4.34 Å². The van der Waals surface area contributed by atoms with E-state index in [4.69, 9.17) is 11.6 Å². The number of rotatable bonds is 5. The van der Waals surface area contributed by atoms with Crippen LogP contribution in [0.3, 0.4) is 0 Å². The van der Waals surface area contributed by atoms with Crippen LogP contribution in [0, 0.1) is 5.82 Å². The lowest BCUT2D eigenvalue weighted by atomic mass is 10.3. The van der Waals surface area contributed by atoms with E-state index in [0.29, 0.717) is 4.57 Å². The maximum Gasteiger partial charge on any atom is 0.286 e. The molecule has 0 aliphatic carbocycles. The standard InChI is InChI=1S/C13H10ClF3N2O3S2/c1-24(22)9-3-8(23-11(9)14)12(20)18-6-2-7(15)13(21)19(4-6)5-10(16)17/h2-4,10H,5H2,1H3,(H,18,20). The van der Waals surface area contributed by atoms with Gasteiger partial charge in [0.25, 0.3) is 17.9 Å². The number of carbonyl (C=O) groups is 1. The van der Waals surface area contributed by atoms with Gasteiger partial charge in [-0.2, -0.15) is 0 Å². The van der Waals surface area contributed by atoms with Gasteiger partial charge in [0.15, 0.2) is 5.82 Å². The minimum Gasteiger partial charge on any atom is -0.320 e. The van der Waals surface area contributed by atoms with Crippen LogP contribution in [-0.2, 0) is 17.3 Å². The van der Waals surface area contributed by atoms with Crippen LogP contribution in [0.5, 0.6) is 0 Å². The summed E-state index contributed by atoms with van der Waals surface area (Å²) in [5, 5.41) is 2.29. The highest BCUT2D eigenvalue weighted by Crippen LogP contribution is 2.30. The average Bonchev–Trinajstić information content (AvgIpc) is 2.86. The van der Waals surface area contributed by atoms with Crippen LogP contribution in [-0.4, -0.2) is 27.4 Å². The molecule has 0 saturated heterocycles. The fourth-order valence-electron chi connectivity index (χ4n) is 1.80. The fraction of sp³-hybridized carbons (Fsp3) is 0.231. The van der Waals surface area contributed by atoms with Gasteiger partial charge >= 0.3 is 0 Å². The molecule has 0 aromatic carbocycles. The van der Waals surface area contributed by atoms with Crippen LogP contribution >= 0.6 is 22.9 Å². The van der Waals surface area contributed by atoms with Gasteiger partial charge in [-0.1, -0.05) is 11.6 Å². The minimum absolute atomic E-state index is 0.109. The maximum atomic E-state index is 13.5. The topological polar surface area (TPSA) is 68.2 Å². The Bertz CT molecular complexity index is 867. The Kier molecular flexibility index (Phi) is 5.83. The lowest BCUT2D eigenvalue weighted by Crippen LogP contribution is -2.26. The Morgan fingerprint density at radius 3 is 2.67 bits per heavy atom. The number of anilines is 1. The van der Waals surface area contributed by atoms with Crippen molar-refractivity contribution in [3.8, 4) is 0 Å². The predicted molar refractivity (Wildman–Crippen MR) is 86.3 cm³/mol. The first-order valence-electron chi connectivity index (χ1n) is 6.31. The Labute approximate surface area is 145 Å². The number of hydrogen-bond donors (Lipinski definition) is 1. The molecule has 2 aromatic rings. The van der Waals surface area contributed by atoms with E-state index in [1.165, 1.54) is 12.3 Å². The molecule has 2 heterocycles. The summed E-state index contributed by atoms with van der Waals surface area (Å²) >= 11 is 6.74. The van der Waals surface area contributed by atoms with E-state index in [-0.39, 0.29) is 19.8 Å². The van der Waals surface area contributed by atoms with Crippen molar-refractivity contribution in [3.63, 3.8) is 0 Å². The summed E-state index contributed by atoms with van der Waals surface area (Å²) < 4.78 is 50.4. The number of thiophene rings is 1. The largest absolute Gasteiger partial charge is 0.320 e. The molecule has 1 atom stereocenters. The summed E-state index contributed by atoms with van der Waals surface area (Å²) in [7, 11) is -1.39. The summed E-state index contributed by atoms with van der Waals surface area (Å²) in [4.78, 5) is 23.9. The van der Waals surface area contributed by atoms with Crippen molar-refractivity contribution < 1.29 is 22.2 Å². The molecular formula is C13H10ClF3N2O3S2. The van der Waals surface area contributed by atoms with Crippen molar-refractivity contribution in [2.24, 2.45) is 0 Å². The van der Waals surface area contributed by atoms with Crippen LogP contribution in [0.15, 0.2) is 28.0 Å². The molecule has 0 spiro atoms. The molecule has 0 bridgehead atoms. The summed E-state index contributed by atoms with van der Waals surface area (Å²) in [5.74, 6) is -1.96. The summed E-state index contributed by atoms with van der Waals surface area (Å²) in [5.41, 5.74) is -1.38. The Morgan fingerprint density at radius 2 is 2.12 bits per heavy atom. The Hall–Kier alpha value is -1.65. The van der Waals surface area contributed by atoms with E-state index < -0.39 is 41.1 Å². The molecule has 1 N–H and O–H groups in total. The summed E-state index contributed by atoms with van der Waals surface area (Å²) in [6.45, 7) is -0.997. The third-order valence-corrected chi connectivity index (χ3v) is 5.36. The molecule has 11 heteroatoms. The van der Waals surface area contributed by atoms with Crippen LogP contribution < -0.4 is 10.9 Å².